The van der Waals surface area contributed by atoms with E-state index in [1.165, 1.54) is 0 Å². The van der Waals surface area contributed by atoms with Gasteiger partial charge in [0.15, 0.2) is 0 Å². The van der Waals surface area contributed by atoms with Crippen molar-refractivity contribution in [3.63, 3.8) is 0 Å². The molecule has 0 aliphatic carbocycles. The molecule has 0 spiro atoms. The van der Waals surface area contributed by atoms with E-state index in [9.17, 15) is 0 Å². The number of rotatable bonds is 1. The molecule has 16 heavy (non-hydrogen) atoms. The van der Waals surface area contributed by atoms with Crippen molar-refractivity contribution in [3.05, 3.63) is 0 Å². The average molecular weight is 300 g/mol. The van der Waals surface area contributed by atoms with Gasteiger partial charge >= 0.3 is 88.7 Å². The van der Waals surface area contributed by atoms with Crippen LogP contribution in [-0.2, 0) is 4.57 Å². The molecule has 15 heteroatoms. The van der Waals surface area contributed by atoms with E-state index in [2.05, 4.69) is 0 Å². The molecule has 0 aromatic carbocycles. The zero-order valence-electron chi connectivity index (χ0n) is 8.99. The largest absolute Gasteiger partial charge is 1.00 e. The van der Waals surface area contributed by atoms with Crippen LogP contribution in [0, 0.1) is 0 Å². The van der Waals surface area contributed by atoms with E-state index in [4.69, 9.17) is 24.3 Å². The summed E-state index contributed by atoms with van der Waals surface area (Å²) in [6, 6.07) is 0. The minimum atomic E-state index is -5.43. The van der Waals surface area contributed by atoms with Crippen LogP contribution in [0.3, 0.4) is 0 Å². The van der Waals surface area contributed by atoms with Gasteiger partial charge in [-0.2, -0.15) is 0 Å². The first-order valence-corrected chi connectivity index (χ1v) is 2.72. The van der Waals surface area contributed by atoms with Crippen molar-refractivity contribution in [2.75, 3.05) is 0 Å². The summed E-state index contributed by atoms with van der Waals surface area (Å²) in [7, 11) is -5.43. The molecule has 0 amide bonds. The normalized spacial score (nSPS) is 4.88. The van der Waals surface area contributed by atoms with Crippen LogP contribution in [0.25, 0.3) is 0 Å². The molecule has 12 N–H and O–H groups in total. The summed E-state index contributed by atoms with van der Waals surface area (Å²) >= 11 is 0. The van der Waals surface area contributed by atoms with Crippen LogP contribution in [0.4, 0.5) is 4.79 Å². The van der Waals surface area contributed by atoms with Gasteiger partial charge in [-0.25, -0.2) is 0 Å². The van der Waals surface area contributed by atoms with Crippen LogP contribution in [0.2, 0.25) is 0 Å². The fourth-order valence-corrected chi connectivity index (χ4v) is 0. The minimum absolute atomic E-state index is 0. The van der Waals surface area contributed by atoms with Crippen molar-refractivity contribution in [1.82, 2.24) is 0 Å². The van der Waals surface area contributed by atoms with Crippen LogP contribution in [0.15, 0.2) is 0 Å². The second kappa shape index (κ2) is 36.0. The molecule has 0 radical (unpaired) electrons. The first kappa shape index (κ1) is 79.1. The Morgan fingerprint density at radius 3 is 0.812 bits per heavy atom. The fraction of sp³-hybridized carbons (Fsp3) is 0. The third kappa shape index (κ3) is 55.2. The molecule has 0 aliphatic heterocycles. The minimum Gasteiger partial charge on any atom is -0.807 e. The smallest absolute Gasteiger partial charge is 0.807 e. The molecule has 0 unspecified atom stereocenters. The van der Waals surface area contributed by atoms with E-state index in [-0.39, 0.29) is 122 Å². The van der Waals surface area contributed by atoms with Gasteiger partial charge in [-0.15, -0.1) is 0 Å². The molecule has 11 nitrogen and oxygen atoms in total. The molecular weight excluding hydrogens is 288 g/mol. The van der Waals surface area contributed by atoms with Gasteiger partial charge in [0, 0.05) is 0 Å². The first-order valence-electron chi connectivity index (χ1n) is 1.18. The summed E-state index contributed by atoms with van der Waals surface area (Å²) in [5.41, 5.74) is -2.56. The summed E-state index contributed by atoms with van der Waals surface area (Å²) in [5.74, 6) is 0. The van der Waals surface area contributed by atoms with E-state index >= 15 is 0 Å². The third-order valence-corrected chi connectivity index (χ3v) is 0.671. The molecule has 0 fully saturated rings. The summed E-state index contributed by atoms with van der Waals surface area (Å²) in [6.45, 7) is 0. The second-order valence-electron chi connectivity index (χ2n) is 0.763. The fourth-order valence-electron chi connectivity index (χ4n) is 0. The summed E-state index contributed by atoms with van der Waals surface area (Å²) in [5, 5.41) is 9.02. The van der Waals surface area contributed by atoms with Gasteiger partial charge in [0.1, 0.15) is 0 Å². The van der Waals surface area contributed by atoms with Crippen LogP contribution in [0.5, 0.6) is 0 Å². The molecule has 0 aromatic rings. The number of hydrogen-bond donors (Lipinski definition) is 0. The molecule has 0 saturated carbocycles. The van der Waals surface area contributed by atoms with Crippen LogP contribution < -0.4 is 104 Å². The van der Waals surface area contributed by atoms with Crippen molar-refractivity contribution >= 4 is 13.3 Å². The second-order valence-corrected chi connectivity index (χ2v) is 2.12. The Morgan fingerprint density at radius 1 is 0.750 bits per heavy atom. The van der Waals surface area contributed by atoms with Gasteiger partial charge < -0.3 is 57.1 Å². The van der Waals surface area contributed by atoms with Crippen molar-refractivity contribution in [2.45, 2.75) is 0 Å². The molecule has 0 aromatic heterocycles. The Balaban J connectivity index is -0.00000000500. The Morgan fingerprint density at radius 2 is 0.812 bits per heavy atom. The maximum atomic E-state index is 9.14. The third-order valence-electron chi connectivity index (χ3n) is 0.224. The van der Waals surface area contributed by atoms with Crippen LogP contribution in [0.1, 0.15) is 0 Å². The Labute approximate surface area is 157 Å². The monoisotopic (exact) mass is 300 g/mol. The molecule has 0 saturated heterocycles. The van der Waals surface area contributed by atoms with E-state index < -0.39 is 13.3 Å². The zero-order valence-corrected chi connectivity index (χ0v) is 15.9. The van der Waals surface area contributed by atoms with Crippen molar-refractivity contribution in [2.24, 2.45) is 0 Å². The van der Waals surface area contributed by atoms with Crippen molar-refractivity contribution < 1.29 is 146 Å². The molecule has 0 heterocycles. The molecule has 0 bridgehead atoms. The standard InChI is InChI=1S/CH3O5P.3Na.6H2O/c2-1(3)7(4,5)6;;;;;;;;;/h(H,2,3)(H2,4,5,6);;;;6*1H2/q;3*+1;;;;;;/p-3. The predicted octanol–water partition coefficient (Wildman–Crippen LogP) is -16.7. The average Bonchev–Trinajstić information content (AvgIpc) is 1.31. The van der Waals surface area contributed by atoms with Gasteiger partial charge in [0.05, 0.1) is 5.71 Å². The number of carbonyl (C=O) groups is 1. The maximum Gasteiger partial charge on any atom is 1.00 e. The molecule has 0 rings (SSSR count). The zero-order chi connectivity index (χ0) is 6.08. The Bertz CT molecular complexity index is 133. The number of carboxylic acid groups (broad SMARTS) is 1. The van der Waals surface area contributed by atoms with E-state index in [1.54, 1.807) is 0 Å². The van der Waals surface area contributed by atoms with Crippen molar-refractivity contribution in [1.29, 1.82) is 0 Å². The van der Waals surface area contributed by atoms with Crippen molar-refractivity contribution in [3.8, 4) is 0 Å². The van der Waals surface area contributed by atoms with Crippen LogP contribution in [-0.4, -0.2) is 38.6 Å². The maximum absolute atomic E-state index is 9.14. The molecule has 0 aliphatic rings. The first-order chi connectivity index (χ1) is 2.94. The van der Waals surface area contributed by atoms with Crippen LogP contribution >= 0.6 is 7.60 Å². The number of hydrogen-bond acceptors (Lipinski definition) is 5. The topological polar surface area (TPSA) is 292 Å². The van der Waals surface area contributed by atoms with Gasteiger partial charge in [-0.05, 0) is 7.60 Å². The SMILES string of the molecule is O.O.O.O.O.O.O=C([O-])P(=O)([O-])[O-].[Na+].[Na+].[Na+]. The summed E-state index contributed by atoms with van der Waals surface area (Å²) < 4.78 is 9.14. The quantitative estimate of drug-likeness (QED) is 0.335. The molecule has 90 valence electrons. The van der Waals surface area contributed by atoms with Gasteiger partial charge in [-0.1, -0.05) is 0 Å². The molecular formula is CH12Na3O11P. The van der Waals surface area contributed by atoms with E-state index in [1.807, 2.05) is 0 Å². The van der Waals surface area contributed by atoms with E-state index in [0.29, 0.717) is 0 Å². The Kier molecular flexibility index (Phi) is 178. The number of carbonyl (C=O) groups excluding carboxylic acids is 1. The summed E-state index contributed by atoms with van der Waals surface area (Å²) in [4.78, 5) is 27.3. The van der Waals surface area contributed by atoms with E-state index in [0.717, 1.165) is 0 Å². The van der Waals surface area contributed by atoms with Gasteiger partial charge in [-0.3, -0.25) is 0 Å². The predicted molar refractivity (Wildman–Crippen MR) is 34.7 cm³/mol. The van der Waals surface area contributed by atoms with Gasteiger partial charge in [0.2, 0.25) is 0 Å². The molecule has 0 atom stereocenters. The van der Waals surface area contributed by atoms with Gasteiger partial charge in [0.25, 0.3) is 0 Å². The summed E-state index contributed by atoms with van der Waals surface area (Å²) in [6.07, 6.45) is 0. The Hall–Kier alpha value is 2.38.